The lowest BCUT2D eigenvalue weighted by Gasteiger charge is -2.28. The van der Waals surface area contributed by atoms with E-state index >= 15 is 0 Å². The van der Waals surface area contributed by atoms with Gasteiger partial charge in [-0.15, -0.1) is 0 Å². The fourth-order valence-electron chi connectivity index (χ4n) is 3.24. The molecule has 0 bridgehead atoms. The first kappa shape index (κ1) is 24.9. The molecule has 0 heterocycles. The summed E-state index contributed by atoms with van der Waals surface area (Å²) in [6.07, 6.45) is 2.47. The number of carbonyl (C=O) groups is 1. The van der Waals surface area contributed by atoms with E-state index < -0.39 is 0 Å². The molecule has 6 heteroatoms. The van der Waals surface area contributed by atoms with Crippen LogP contribution in [0.15, 0.2) is 39.9 Å². The van der Waals surface area contributed by atoms with E-state index in [4.69, 9.17) is 4.74 Å². The van der Waals surface area contributed by atoms with Gasteiger partial charge in [-0.05, 0) is 73.6 Å². The Morgan fingerprint density at radius 3 is 2.16 bits per heavy atom. The summed E-state index contributed by atoms with van der Waals surface area (Å²) in [5.41, 5.74) is 5.87. The molecule has 5 nitrogen and oxygen atoms in total. The predicted molar refractivity (Wildman–Crippen MR) is 130 cm³/mol. The van der Waals surface area contributed by atoms with Crippen molar-refractivity contribution in [2.75, 3.05) is 7.11 Å². The molecule has 0 aliphatic rings. The molecule has 0 fully saturated rings. The Balaban J connectivity index is 2.08. The van der Waals surface area contributed by atoms with Gasteiger partial charge in [-0.1, -0.05) is 53.7 Å². The van der Waals surface area contributed by atoms with Crippen LogP contribution in [-0.4, -0.2) is 24.3 Å². The summed E-state index contributed by atoms with van der Waals surface area (Å²) in [6, 6.07) is 9.58. The number of aryl methyl sites for hydroxylation is 1. The maximum atomic E-state index is 12.3. The highest BCUT2D eigenvalue weighted by Crippen LogP contribution is 2.40. The van der Waals surface area contributed by atoms with Crippen molar-refractivity contribution in [1.82, 2.24) is 5.43 Å². The lowest BCUT2D eigenvalue weighted by atomic mass is 9.78. The van der Waals surface area contributed by atoms with E-state index in [0.717, 1.165) is 32.5 Å². The van der Waals surface area contributed by atoms with Gasteiger partial charge in [0.25, 0.3) is 0 Å². The molecule has 0 aromatic heterocycles. The van der Waals surface area contributed by atoms with Crippen LogP contribution < -0.4 is 10.2 Å². The van der Waals surface area contributed by atoms with Crippen molar-refractivity contribution in [2.45, 2.75) is 65.2 Å². The number of hydrogen-bond donors (Lipinski definition) is 2. The number of ether oxygens (including phenoxy) is 1. The molecule has 0 saturated heterocycles. The van der Waals surface area contributed by atoms with Crippen LogP contribution in [0.4, 0.5) is 0 Å². The van der Waals surface area contributed by atoms with Gasteiger partial charge in [0.05, 0.1) is 17.8 Å². The molecular weight excluding hydrogens is 456 g/mol. The highest BCUT2D eigenvalue weighted by atomic mass is 79.9. The summed E-state index contributed by atoms with van der Waals surface area (Å²) in [5, 5.41) is 14.9. The van der Waals surface area contributed by atoms with Crippen LogP contribution in [0.5, 0.6) is 11.5 Å². The Morgan fingerprint density at radius 1 is 1.10 bits per heavy atom. The van der Waals surface area contributed by atoms with E-state index in [1.165, 1.54) is 0 Å². The van der Waals surface area contributed by atoms with Gasteiger partial charge in [0.2, 0.25) is 5.91 Å². The van der Waals surface area contributed by atoms with Crippen LogP contribution >= 0.6 is 15.9 Å². The number of amides is 1. The zero-order valence-electron chi connectivity index (χ0n) is 19.5. The van der Waals surface area contributed by atoms with E-state index in [-0.39, 0.29) is 16.7 Å². The lowest BCUT2D eigenvalue weighted by molar-refractivity contribution is -0.121. The average molecular weight is 489 g/mol. The molecule has 0 spiro atoms. The standard InChI is InChI=1S/C25H33BrN2O3/c1-24(2,3)18-12-16(13-19(23(18)30)25(4,5)6)9-11-22(29)28-27-15-17-8-10-21(31-7)20(26)14-17/h8,10,12-15,30H,9,11H2,1-7H3,(H,28,29)/b27-15-. The summed E-state index contributed by atoms with van der Waals surface area (Å²) in [6.45, 7) is 12.5. The number of carbonyl (C=O) groups excluding carboxylic acids is 1. The third-order valence-corrected chi connectivity index (χ3v) is 5.62. The van der Waals surface area contributed by atoms with Gasteiger partial charge in [0.15, 0.2) is 0 Å². The molecule has 0 aliphatic carbocycles. The molecule has 0 saturated carbocycles. The molecule has 0 atom stereocenters. The molecule has 0 radical (unpaired) electrons. The van der Waals surface area contributed by atoms with Crippen molar-refractivity contribution in [1.29, 1.82) is 0 Å². The number of phenolic OH excluding ortho intramolecular Hbond substituents is 1. The van der Waals surface area contributed by atoms with Gasteiger partial charge in [0, 0.05) is 6.42 Å². The highest BCUT2D eigenvalue weighted by Gasteiger charge is 2.26. The second-order valence-electron chi connectivity index (χ2n) is 9.73. The van der Waals surface area contributed by atoms with Gasteiger partial charge in [-0.3, -0.25) is 4.79 Å². The summed E-state index contributed by atoms with van der Waals surface area (Å²) in [4.78, 5) is 12.3. The van der Waals surface area contributed by atoms with Crippen LogP contribution in [0.25, 0.3) is 0 Å². The normalized spacial score (nSPS) is 12.3. The Hall–Kier alpha value is -2.34. The second-order valence-corrected chi connectivity index (χ2v) is 10.6. The fraction of sp³-hybridized carbons (Fsp3) is 0.440. The Morgan fingerprint density at radius 2 is 1.68 bits per heavy atom. The SMILES string of the molecule is COc1ccc(/C=N\NC(=O)CCc2cc(C(C)(C)C)c(O)c(C(C)(C)C)c2)cc1Br. The zero-order valence-corrected chi connectivity index (χ0v) is 21.1. The monoisotopic (exact) mass is 488 g/mol. The van der Waals surface area contributed by atoms with Gasteiger partial charge in [0.1, 0.15) is 11.5 Å². The van der Waals surface area contributed by atoms with E-state index in [1.54, 1.807) is 13.3 Å². The van der Waals surface area contributed by atoms with Crippen molar-refractivity contribution in [3.8, 4) is 11.5 Å². The van der Waals surface area contributed by atoms with Crippen LogP contribution in [0.2, 0.25) is 0 Å². The lowest BCUT2D eigenvalue weighted by Crippen LogP contribution is -2.20. The molecule has 2 aromatic carbocycles. The Labute approximate surface area is 194 Å². The third kappa shape index (κ3) is 6.82. The van der Waals surface area contributed by atoms with Gasteiger partial charge in [-0.2, -0.15) is 5.10 Å². The topological polar surface area (TPSA) is 70.9 Å². The number of phenols is 1. The number of methoxy groups -OCH3 is 1. The first-order valence-electron chi connectivity index (χ1n) is 10.3. The van der Waals surface area contributed by atoms with E-state index in [0.29, 0.717) is 18.6 Å². The van der Waals surface area contributed by atoms with Crippen LogP contribution in [-0.2, 0) is 22.0 Å². The number of benzene rings is 2. The summed E-state index contributed by atoms with van der Waals surface area (Å²) in [5.74, 6) is 0.925. The highest BCUT2D eigenvalue weighted by molar-refractivity contribution is 9.10. The smallest absolute Gasteiger partial charge is 0.240 e. The molecule has 0 unspecified atom stereocenters. The molecule has 2 aromatic rings. The fourth-order valence-corrected chi connectivity index (χ4v) is 3.80. The Bertz CT molecular complexity index is 935. The second kappa shape index (κ2) is 9.86. The summed E-state index contributed by atoms with van der Waals surface area (Å²) >= 11 is 3.43. The molecule has 2 rings (SSSR count). The zero-order chi connectivity index (χ0) is 23.4. The molecule has 168 valence electrons. The molecule has 31 heavy (non-hydrogen) atoms. The number of hydrogen-bond acceptors (Lipinski definition) is 4. The predicted octanol–water partition coefficient (Wildman–Crippen LogP) is 5.84. The van der Waals surface area contributed by atoms with Gasteiger partial charge < -0.3 is 9.84 Å². The molecule has 2 N–H and O–H groups in total. The number of rotatable bonds is 6. The number of nitrogens with zero attached hydrogens (tertiary/aromatic N) is 1. The van der Waals surface area contributed by atoms with Gasteiger partial charge >= 0.3 is 0 Å². The quantitative estimate of drug-likeness (QED) is 0.396. The summed E-state index contributed by atoms with van der Waals surface area (Å²) < 4.78 is 6.03. The van der Waals surface area contributed by atoms with Crippen LogP contribution in [0.1, 0.15) is 70.2 Å². The first-order valence-corrected chi connectivity index (χ1v) is 11.1. The van der Waals surface area contributed by atoms with Crippen molar-refractivity contribution in [3.63, 3.8) is 0 Å². The maximum Gasteiger partial charge on any atom is 0.240 e. The number of aromatic hydroxyl groups is 1. The van der Waals surface area contributed by atoms with Crippen LogP contribution in [0.3, 0.4) is 0 Å². The Kier molecular flexibility index (Phi) is 7.93. The minimum Gasteiger partial charge on any atom is -0.507 e. The van der Waals surface area contributed by atoms with E-state index in [9.17, 15) is 9.90 Å². The maximum absolute atomic E-state index is 12.3. The van der Waals surface area contributed by atoms with E-state index in [1.807, 2.05) is 30.3 Å². The number of hydrazone groups is 1. The molecular formula is C25H33BrN2O3. The van der Waals surface area contributed by atoms with E-state index in [2.05, 4.69) is 68.0 Å². The number of nitrogens with one attached hydrogen (secondary N) is 1. The minimum atomic E-state index is -0.195. The van der Waals surface area contributed by atoms with Crippen molar-refractivity contribution >= 4 is 28.1 Å². The molecule has 0 aliphatic heterocycles. The first-order chi connectivity index (χ1) is 14.3. The van der Waals surface area contributed by atoms with Crippen molar-refractivity contribution in [3.05, 3.63) is 57.1 Å². The third-order valence-electron chi connectivity index (χ3n) is 5.01. The van der Waals surface area contributed by atoms with Crippen molar-refractivity contribution in [2.24, 2.45) is 5.10 Å². The van der Waals surface area contributed by atoms with Crippen molar-refractivity contribution < 1.29 is 14.6 Å². The molecule has 1 amide bonds. The van der Waals surface area contributed by atoms with Gasteiger partial charge in [-0.25, -0.2) is 5.43 Å². The largest absolute Gasteiger partial charge is 0.507 e. The average Bonchev–Trinajstić information content (AvgIpc) is 2.65. The number of halogens is 1. The van der Waals surface area contributed by atoms with Crippen LogP contribution in [0, 0.1) is 0 Å². The summed E-state index contributed by atoms with van der Waals surface area (Å²) in [7, 11) is 1.61. The minimum absolute atomic E-state index is 0.161.